The first-order valence-corrected chi connectivity index (χ1v) is 11.9. The summed E-state index contributed by atoms with van der Waals surface area (Å²) >= 11 is 0. The molecule has 194 valence electrons. The number of ether oxygens (including phenoxy) is 1. The number of carbonyl (C=O) groups excluding carboxylic acids is 1. The van der Waals surface area contributed by atoms with Crippen LogP contribution in [0.15, 0.2) is 30.1 Å². The van der Waals surface area contributed by atoms with Crippen molar-refractivity contribution in [1.29, 1.82) is 0 Å². The summed E-state index contributed by atoms with van der Waals surface area (Å²) in [5.74, 6) is -0.657. The van der Waals surface area contributed by atoms with Crippen molar-refractivity contribution in [3.05, 3.63) is 52.6 Å². The zero-order chi connectivity index (χ0) is 26.1. The highest BCUT2D eigenvalue weighted by molar-refractivity contribution is 6.02. The lowest BCUT2D eigenvalue weighted by Crippen LogP contribution is -2.55. The number of alkyl halides is 2. The lowest BCUT2D eigenvalue weighted by atomic mass is 9.99. The van der Waals surface area contributed by atoms with E-state index in [0.29, 0.717) is 31.0 Å². The van der Waals surface area contributed by atoms with E-state index in [1.165, 1.54) is 29.4 Å². The van der Waals surface area contributed by atoms with Crippen LogP contribution in [0.1, 0.15) is 56.3 Å². The number of halogens is 3. The van der Waals surface area contributed by atoms with Gasteiger partial charge in [0.1, 0.15) is 23.8 Å². The number of carbonyl (C=O) groups is 1. The van der Waals surface area contributed by atoms with Gasteiger partial charge in [-0.2, -0.15) is 0 Å². The number of nitrogens with one attached hydrogen (secondary N) is 1. The summed E-state index contributed by atoms with van der Waals surface area (Å²) in [5.41, 5.74) is -0.0438. The number of fused-ring (bicyclic) bond motifs is 1. The van der Waals surface area contributed by atoms with Gasteiger partial charge in [0, 0.05) is 12.6 Å². The smallest absolute Gasteiger partial charge is 0.266 e. The number of amides is 1. The first-order chi connectivity index (χ1) is 17.1. The molecule has 1 aromatic carbocycles. The third kappa shape index (κ3) is 4.64. The minimum Gasteiger partial charge on any atom is -0.377 e. The van der Waals surface area contributed by atoms with Crippen LogP contribution in [0.25, 0.3) is 6.08 Å². The number of hydrogen-bond donors (Lipinski definition) is 2. The van der Waals surface area contributed by atoms with Gasteiger partial charge in [-0.3, -0.25) is 4.79 Å². The number of anilines is 2. The molecule has 36 heavy (non-hydrogen) atoms. The molecule has 4 atom stereocenters. The van der Waals surface area contributed by atoms with Crippen LogP contribution in [0.2, 0.25) is 0 Å². The number of nitrogens with zero attached hydrogens (tertiary/aromatic N) is 4. The Labute approximate surface area is 207 Å². The van der Waals surface area contributed by atoms with Crippen molar-refractivity contribution >= 4 is 23.6 Å². The fraction of sp³-hybridized carbons (Fsp3) is 0.480. The lowest BCUT2D eigenvalue weighted by Gasteiger charge is -2.42. The monoisotopic (exact) mass is 505 g/mol. The molecule has 2 aromatic rings. The second-order valence-electron chi connectivity index (χ2n) is 9.12. The van der Waals surface area contributed by atoms with Crippen molar-refractivity contribution in [2.75, 3.05) is 30.5 Å². The fourth-order valence-corrected chi connectivity index (χ4v) is 4.72. The highest BCUT2D eigenvalue weighted by Gasteiger charge is 2.38. The summed E-state index contributed by atoms with van der Waals surface area (Å²) in [4.78, 5) is 25.4. The molecule has 11 heteroatoms. The third-order valence-electron chi connectivity index (χ3n) is 6.75. The molecule has 8 nitrogen and oxygen atoms in total. The molecule has 0 radical (unpaired) electrons. The van der Waals surface area contributed by atoms with E-state index in [-0.39, 0.29) is 34.9 Å². The molecule has 1 amide bonds. The number of morpholine rings is 1. The van der Waals surface area contributed by atoms with Crippen molar-refractivity contribution < 1.29 is 27.8 Å². The fourth-order valence-electron chi connectivity index (χ4n) is 4.72. The average molecular weight is 506 g/mol. The third-order valence-corrected chi connectivity index (χ3v) is 6.75. The number of rotatable bonds is 6. The Morgan fingerprint density at radius 3 is 2.69 bits per heavy atom. The van der Waals surface area contributed by atoms with Crippen molar-refractivity contribution in [1.82, 2.24) is 14.9 Å². The molecule has 1 fully saturated rings. The van der Waals surface area contributed by atoms with Gasteiger partial charge in [0.25, 0.3) is 12.3 Å². The van der Waals surface area contributed by atoms with E-state index in [0.717, 1.165) is 6.07 Å². The molecule has 0 spiro atoms. The van der Waals surface area contributed by atoms with Crippen molar-refractivity contribution in [2.45, 2.75) is 58.0 Å². The molecule has 0 bridgehead atoms. The number of aliphatic hydroxyl groups excluding tert-OH is 1. The summed E-state index contributed by atoms with van der Waals surface area (Å²) in [6, 6.07) is 2.83. The van der Waals surface area contributed by atoms with E-state index >= 15 is 0 Å². The van der Waals surface area contributed by atoms with Crippen LogP contribution in [0, 0.1) is 5.82 Å². The molecular weight excluding hydrogens is 475 g/mol. The predicted molar refractivity (Wildman–Crippen MR) is 129 cm³/mol. The van der Waals surface area contributed by atoms with Gasteiger partial charge in [-0.05, 0) is 26.3 Å². The molecule has 2 aliphatic heterocycles. The van der Waals surface area contributed by atoms with Gasteiger partial charge in [-0.1, -0.05) is 25.1 Å². The second-order valence-corrected chi connectivity index (χ2v) is 9.12. The van der Waals surface area contributed by atoms with Crippen LogP contribution in [0.4, 0.5) is 24.8 Å². The molecule has 0 saturated carbocycles. The van der Waals surface area contributed by atoms with Gasteiger partial charge in [-0.25, -0.2) is 23.1 Å². The summed E-state index contributed by atoms with van der Waals surface area (Å²) in [7, 11) is 1.61. The van der Waals surface area contributed by atoms with Gasteiger partial charge in [0.05, 0.1) is 48.0 Å². The molecule has 2 aliphatic rings. The van der Waals surface area contributed by atoms with E-state index in [4.69, 9.17) is 4.74 Å². The van der Waals surface area contributed by atoms with Gasteiger partial charge in [-0.15, -0.1) is 0 Å². The minimum atomic E-state index is -2.94. The van der Waals surface area contributed by atoms with Crippen molar-refractivity contribution in [2.24, 2.45) is 0 Å². The Balaban J connectivity index is 1.70. The summed E-state index contributed by atoms with van der Waals surface area (Å²) in [6.45, 7) is 6.31. The van der Waals surface area contributed by atoms with Crippen LogP contribution in [0.3, 0.4) is 0 Å². The highest BCUT2D eigenvalue weighted by atomic mass is 19.3. The summed E-state index contributed by atoms with van der Waals surface area (Å²) in [5, 5.41) is 14.0. The van der Waals surface area contributed by atoms with Crippen molar-refractivity contribution in [3.63, 3.8) is 0 Å². The normalized spacial score (nSPS) is 22.8. The zero-order valence-electron chi connectivity index (χ0n) is 20.6. The maximum atomic E-state index is 14.7. The Kier molecular flexibility index (Phi) is 7.51. The first kappa shape index (κ1) is 25.9. The van der Waals surface area contributed by atoms with Gasteiger partial charge in [0.2, 0.25) is 0 Å². The minimum absolute atomic E-state index is 0.0533. The summed E-state index contributed by atoms with van der Waals surface area (Å²) in [6.07, 6.45) is -0.662. The molecule has 1 saturated heterocycles. The maximum Gasteiger partial charge on any atom is 0.266 e. The topological polar surface area (TPSA) is 90.8 Å². The zero-order valence-corrected chi connectivity index (χ0v) is 20.6. The van der Waals surface area contributed by atoms with E-state index in [9.17, 15) is 23.1 Å². The van der Waals surface area contributed by atoms with E-state index in [1.54, 1.807) is 18.9 Å². The molecule has 3 unspecified atom stereocenters. The molecular formula is C25H30F3N5O3. The maximum absolute atomic E-state index is 14.7. The standard InChI is InChI=1S/C25H30F3N5O3/c1-5-15-11-36-10-13(2)33(15)25(35)19-9-18-22(29-12-30-23(18)32(4)24(19)34)31-14(3)16-7-6-8-17(20(16)26)21(27)28/h6-9,12-15,21,24,34H,5,10-11H2,1-4H3,(H,29,30,31)/t13?,14-,15?,24?/m1/s1. The van der Waals surface area contributed by atoms with Crippen LogP contribution < -0.4 is 10.2 Å². The number of aromatic nitrogens is 2. The number of aliphatic hydroxyl groups is 1. The molecule has 4 rings (SSSR count). The largest absolute Gasteiger partial charge is 0.377 e. The Morgan fingerprint density at radius 2 is 2.00 bits per heavy atom. The lowest BCUT2D eigenvalue weighted by molar-refractivity contribution is -0.142. The van der Waals surface area contributed by atoms with Crippen LogP contribution >= 0.6 is 0 Å². The van der Waals surface area contributed by atoms with Gasteiger partial charge in [0.15, 0.2) is 6.23 Å². The quantitative estimate of drug-likeness (QED) is 0.615. The first-order valence-electron chi connectivity index (χ1n) is 11.9. The number of likely N-dealkylation sites (N-methyl/N-ethyl adjacent to an activating group) is 1. The highest BCUT2D eigenvalue weighted by Crippen LogP contribution is 2.36. The Bertz CT molecular complexity index is 1160. The molecule has 3 heterocycles. The van der Waals surface area contributed by atoms with Crippen LogP contribution in [-0.2, 0) is 9.53 Å². The van der Waals surface area contributed by atoms with E-state index < -0.39 is 30.1 Å². The predicted octanol–water partition coefficient (Wildman–Crippen LogP) is 3.90. The Morgan fingerprint density at radius 1 is 1.28 bits per heavy atom. The van der Waals surface area contributed by atoms with Crippen molar-refractivity contribution in [3.8, 4) is 0 Å². The average Bonchev–Trinajstić information content (AvgIpc) is 2.85. The van der Waals surface area contributed by atoms with Gasteiger partial charge >= 0.3 is 0 Å². The van der Waals surface area contributed by atoms with Crippen LogP contribution in [0.5, 0.6) is 0 Å². The van der Waals surface area contributed by atoms with Crippen LogP contribution in [-0.4, -0.2) is 64.5 Å². The Hall–Kier alpha value is -3.18. The summed E-state index contributed by atoms with van der Waals surface area (Å²) < 4.78 is 46.7. The number of hydrogen-bond acceptors (Lipinski definition) is 7. The van der Waals surface area contributed by atoms with E-state index in [2.05, 4.69) is 15.3 Å². The molecule has 2 N–H and O–H groups in total. The molecule has 0 aliphatic carbocycles. The second kappa shape index (κ2) is 10.4. The van der Waals surface area contributed by atoms with E-state index in [1.807, 2.05) is 13.8 Å². The van der Waals surface area contributed by atoms with Gasteiger partial charge < -0.3 is 25.0 Å². The SMILES string of the molecule is CCC1COCC(C)N1C(=O)C1=Cc2c(N[C@H](C)c3cccc(C(F)F)c3F)ncnc2N(C)C1O. The number of benzene rings is 1. The molecule has 1 aromatic heterocycles.